The van der Waals surface area contributed by atoms with Gasteiger partial charge in [-0.2, -0.15) is 0 Å². The smallest absolute Gasteiger partial charge is 0.348 e. The van der Waals surface area contributed by atoms with Gasteiger partial charge in [-0.05, 0) is 38.1 Å². The van der Waals surface area contributed by atoms with Gasteiger partial charge in [0.25, 0.3) is 0 Å². The Labute approximate surface area is 133 Å². The lowest BCUT2D eigenvalue weighted by Gasteiger charge is -2.08. The summed E-state index contributed by atoms with van der Waals surface area (Å²) in [5.41, 5.74) is 7.58. The van der Waals surface area contributed by atoms with E-state index in [0.717, 1.165) is 4.90 Å². The lowest BCUT2D eigenvalue weighted by Crippen LogP contribution is -2.19. The molecule has 1 aromatic heterocycles. The van der Waals surface area contributed by atoms with Crippen molar-refractivity contribution in [1.82, 2.24) is 4.98 Å². The summed E-state index contributed by atoms with van der Waals surface area (Å²) >= 11 is 1.41. The van der Waals surface area contributed by atoms with E-state index >= 15 is 0 Å². The van der Waals surface area contributed by atoms with Crippen LogP contribution in [-0.4, -0.2) is 22.0 Å². The zero-order valence-corrected chi connectivity index (χ0v) is 13.2. The Hall–Kier alpha value is -2.34. The second-order valence-electron chi connectivity index (χ2n) is 4.70. The predicted molar refractivity (Wildman–Crippen MR) is 87.6 cm³/mol. The second-order valence-corrected chi connectivity index (χ2v) is 6.11. The summed E-state index contributed by atoms with van der Waals surface area (Å²) in [7, 11) is 0. The molecule has 0 aliphatic rings. The molecule has 0 spiro atoms. The van der Waals surface area contributed by atoms with Crippen molar-refractivity contribution < 1.29 is 9.63 Å². The number of aromatic nitrogens is 1. The maximum Gasteiger partial charge on any atom is 0.348 e. The van der Waals surface area contributed by atoms with Gasteiger partial charge in [-0.3, -0.25) is 4.98 Å². The number of benzene rings is 1. The van der Waals surface area contributed by atoms with Crippen LogP contribution in [0.4, 0.5) is 0 Å². The highest BCUT2D eigenvalue weighted by Crippen LogP contribution is 2.24. The first-order valence-electron chi connectivity index (χ1n) is 6.74. The maximum absolute atomic E-state index is 11.9. The molecular weight excluding hydrogens is 298 g/mol. The van der Waals surface area contributed by atoms with E-state index in [1.807, 2.05) is 31.2 Å². The summed E-state index contributed by atoms with van der Waals surface area (Å²) < 4.78 is 0. The summed E-state index contributed by atoms with van der Waals surface area (Å²) in [5.74, 6) is -0.300. The molecule has 2 rings (SSSR count). The number of hydrogen-bond donors (Lipinski definition) is 1. The Kier molecular flexibility index (Phi) is 5.55. The molecule has 114 valence electrons. The lowest BCUT2D eigenvalue weighted by atomic mass is 10.2. The SMILES string of the molecule is Cc1ccc(S[C@@H](C)C(=O)O/N=C(/N)c2ccncc2)cc1. The van der Waals surface area contributed by atoms with Crippen LogP contribution in [0.1, 0.15) is 18.1 Å². The topological polar surface area (TPSA) is 77.6 Å². The summed E-state index contributed by atoms with van der Waals surface area (Å²) in [5, 5.41) is 3.30. The van der Waals surface area contributed by atoms with Crippen LogP contribution in [0.25, 0.3) is 0 Å². The predicted octanol–water partition coefficient (Wildman–Crippen LogP) is 2.73. The van der Waals surface area contributed by atoms with Crippen LogP contribution < -0.4 is 5.73 Å². The van der Waals surface area contributed by atoms with Crippen LogP contribution in [0.5, 0.6) is 0 Å². The average molecular weight is 315 g/mol. The first-order valence-corrected chi connectivity index (χ1v) is 7.62. The second kappa shape index (κ2) is 7.61. The number of nitrogens with zero attached hydrogens (tertiary/aromatic N) is 2. The molecule has 2 N–H and O–H groups in total. The van der Waals surface area contributed by atoms with Crippen LogP contribution in [0.2, 0.25) is 0 Å². The molecule has 0 amide bonds. The summed E-state index contributed by atoms with van der Waals surface area (Å²) in [6.45, 7) is 3.79. The molecule has 0 radical (unpaired) electrons. The van der Waals surface area contributed by atoms with Crippen molar-refractivity contribution in [3.8, 4) is 0 Å². The molecule has 2 aromatic rings. The van der Waals surface area contributed by atoms with Crippen LogP contribution >= 0.6 is 11.8 Å². The van der Waals surface area contributed by atoms with E-state index in [2.05, 4.69) is 10.1 Å². The van der Waals surface area contributed by atoms with Gasteiger partial charge in [0.2, 0.25) is 0 Å². The van der Waals surface area contributed by atoms with Gasteiger partial charge < -0.3 is 10.6 Å². The number of rotatable bonds is 5. The van der Waals surface area contributed by atoms with Gasteiger partial charge >= 0.3 is 5.97 Å². The fourth-order valence-electron chi connectivity index (χ4n) is 1.61. The first-order chi connectivity index (χ1) is 10.6. The third kappa shape index (κ3) is 4.60. The highest BCUT2D eigenvalue weighted by molar-refractivity contribution is 8.00. The quantitative estimate of drug-likeness (QED) is 0.302. The van der Waals surface area contributed by atoms with Crippen molar-refractivity contribution in [3.05, 3.63) is 59.9 Å². The fraction of sp³-hybridized carbons (Fsp3) is 0.188. The van der Waals surface area contributed by atoms with Crippen molar-refractivity contribution in [3.63, 3.8) is 0 Å². The van der Waals surface area contributed by atoms with Crippen molar-refractivity contribution in [1.29, 1.82) is 0 Å². The Morgan fingerprint density at radius 1 is 1.23 bits per heavy atom. The zero-order chi connectivity index (χ0) is 15.9. The molecule has 0 aliphatic heterocycles. The minimum absolute atomic E-state index is 0.142. The van der Waals surface area contributed by atoms with Crippen LogP contribution in [0.3, 0.4) is 0 Å². The molecular formula is C16H17N3O2S. The minimum Gasteiger partial charge on any atom is -0.380 e. The molecule has 0 unspecified atom stereocenters. The van der Waals surface area contributed by atoms with Crippen LogP contribution in [-0.2, 0) is 9.63 Å². The number of aryl methyl sites for hydroxylation is 1. The van der Waals surface area contributed by atoms with E-state index in [4.69, 9.17) is 10.6 Å². The van der Waals surface area contributed by atoms with Crippen molar-refractivity contribution >= 4 is 23.6 Å². The number of carbonyl (C=O) groups is 1. The Morgan fingerprint density at radius 2 is 1.86 bits per heavy atom. The maximum atomic E-state index is 11.9. The van der Waals surface area contributed by atoms with Crippen molar-refractivity contribution in [2.45, 2.75) is 24.0 Å². The zero-order valence-electron chi connectivity index (χ0n) is 12.4. The Morgan fingerprint density at radius 3 is 2.50 bits per heavy atom. The standard InChI is InChI=1S/C16H17N3O2S/c1-11-3-5-14(6-4-11)22-12(2)16(20)21-19-15(17)13-7-9-18-10-8-13/h3-10,12H,1-2H3,(H2,17,19)/t12-/m0/s1. The van der Waals surface area contributed by atoms with Crippen molar-refractivity contribution in [2.75, 3.05) is 0 Å². The molecule has 1 heterocycles. The van der Waals surface area contributed by atoms with E-state index in [1.54, 1.807) is 31.5 Å². The molecule has 1 atom stereocenters. The number of nitrogens with two attached hydrogens (primary N) is 1. The molecule has 0 fully saturated rings. The minimum atomic E-state index is -0.442. The third-order valence-corrected chi connectivity index (χ3v) is 3.97. The average Bonchev–Trinajstić information content (AvgIpc) is 2.55. The number of thioether (sulfide) groups is 1. The highest BCUT2D eigenvalue weighted by atomic mass is 32.2. The molecule has 5 nitrogen and oxygen atoms in total. The van der Waals surface area contributed by atoms with Gasteiger partial charge in [-0.15, -0.1) is 11.8 Å². The number of amidine groups is 1. The monoisotopic (exact) mass is 315 g/mol. The number of hydrogen-bond acceptors (Lipinski definition) is 5. The Bertz CT molecular complexity index is 657. The third-order valence-electron chi connectivity index (χ3n) is 2.88. The van der Waals surface area contributed by atoms with Gasteiger partial charge in [0.15, 0.2) is 5.84 Å². The van der Waals surface area contributed by atoms with Crippen molar-refractivity contribution in [2.24, 2.45) is 10.9 Å². The molecule has 0 aliphatic carbocycles. The number of carbonyl (C=O) groups excluding carboxylic acids is 1. The Balaban J connectivity index is 1.92. The van der Waals surface area contributed by atoms with E-state index in [0.29, 0.717) is 5.56 Å². The normalized spacial score (nSPS) is 12.7. The van der Waals surface area contributed by atoms with Gasteiger partial charge in [0.05, 0.1) is 0 Å². The molecule has 1 aromatic carbocycles. The molecule has 0 bridgehead atoms. The highest BCUT2D eigenvalue weighted by Gasteiger charge is 2.16. The van der Waals surface area contributed by atoms with E-state index in [9.17, 15) is 4.79 Å². The fourth-order valence-corrected chi connectivity index (χ4v) is 2.45. The van der Waals surface area contributed by atoms with Gasteiger partial charge in [-0.1, -0.05) is 22.9 Å². The summed E-state index contributed by atoms with van der Waals surface area (Å²) in [6.07, 6.45) is 3.19. The largest absolute Gasteiger partial charge is 0.380 e. The van der Waals surface area contributed by atoms with E-state index in [1.165, 1.54) is 17.3 Å². The summed E-state index contributed by atoms with van der Waals surface area (Å²) in [6, 6.07) is 11.3. The molecule has 22 heavy (non-hydrogen) atoms. The molecule has 6 heteroatoms. The molecule has 0 saturated heterocycles. The lowest BCUT2D eigenvalue weighted by molar-refractivity contribution is -0.142. The van der Waals surface area contributed by atoms with Gasteiger partial charge in [-0.25, -0.2) is 4.79 Å². The first kappa shape index (κ1) is 16.0. The van der Waals surface area contributed by atoms with Crippen LogP contribution in [0, 0.1) is 6.92 Å². The number of oxime groups is 1. The summed E-state index contributed by atoms with van der Waals surface area (Å²) in [4.78, 5) is 21.7. The van der Waals surface area contributed by atoms with Crippen LogP contribution in [0.15, 0.2) is 58.8 Å². The van der Waals surface area contributed by atoms with Gasteiger partial charge in [0, 0.05) is 22.9 Å². The van der Waals surface area contributed by atoms with E-state index in [-0.39, 0.29) is 11.1 Å². The molecule has 0 saturated carbocycles. The van der Waals surface area contributed by atoms with Gasteiger partial charge in [0.1, 0.15) is 5.25 Å². The van der Waals surface area contributed by atoms with E-state index < -0.39 is 5.97 Å². The number of pyridine rings is 1.